The average molecular weight is 398 g/mol. The lowest BCUT2D eigenvalue weighted by atomic mass is 10.1. The molecular formula is C21H16ClNO5. The Balaban J connectivity index is 1.75. The maximum Gasteiger partial charge on any atom is 0.259 e. The summed E-state index contributed by atoms with van der Waals surface area (Å²) in [6.07, 6.45) is 0. The molecule has 0 spiro atoms. The SMILES string of the molecule is COc1cc(NC(=O)c2cc3oc4ccccc4c3cc2O)c(OC)cc1Cl. The van der Waals surface area contributed by atoms with Crippen LogP contribution in [-0.2, 0) is 0 Å². The van der Waals surface area contributed by atoms with Gasteiger partial charge in [-0.1, -0.05) is 29.8 Å². The molecule has 142 valence electrons. The fourth-order valence-electron chi connectivity index (χ4n) is 3.09. The summed E-state index contributed by atoms with van der Waals surface area (Å²) in [5.41, 5.74) is 1.61. The van der Waals surface area contributed by atoms with Crippen LogP contribution in [0.15, 0.2) is 52.9 Å². The summed E-state index contributed by atoms with van der Waals surface area (Å²) in [4.78, 5) is 12.8. The number of aromatic hydroxyl groups is 1. The number of benzene rings is 3. The molecule has 0 fully saturated rings. The Bertz CT molecular complexity index is 1210. The van der Waals surface area contributed by atoms with Crippen LogP contribution in [0.3, 0.4) is 0 Å². The largest absolute Gasteiger partial charge is 0.507 e. The number of methoxy groups -OCH3 is 2. The first-order valence-corrected chi connectivity index (χ1v) is 8.76. The Hall–Kier alpha value is -3.38. The first kappa shape index (κ1) is 18.0. The van der Waals surface area contributed by atoms with Crippen LogP contribution in [0.5, 0.6) is 17.2 Å². The molecule has 0 saturated heterocycles. The van der Waals surface area contributed by atoms with Gasteiger partial charge < -0.3 is 24.3 Å². The molecule has 6 nitrogen and oxygen atoms in total. The fraction of sp³-hybridized carbons (Fsp3) is 0.0952. The molecule has 0 atom stereocenters. The summed E-state index contributed by atoms with van der Waals surface area (Å²) in [6.45, 7) is 0. The van der Waals surface area contributed by atoms with Crippen molar-refractivity contribution < 1.29 is 23.8 Å². The van der Waals surface area contributed by atoms with Gasteiger partial charge in [0.25, 0.3) is 5.91 Å². The van der Waals surface area contributed by atoms with E-state index in [9.17, 15) is 9.90 Å². The lowest BCUT2D eigenvalue weighted by Crippen LogP contribution is -2.13. The average Bonchev–Trinajstić information content (AvgIpc) is 3.05. The van der Waals surface area contributed by atoms with Crippen molar-refractivity contribution in [3.05, 3.63) is 59.1 Å². The first-order chi connectivity index (χ1) is 13.5. The number of rotatable bonds is 4. The molecule has 0 unspecified atom stereocenters. The number of hydrogen-bond donors (Lipinski definition) is 2. The number of phenolic OH excluding ortho intramolecular Hbond substituents is 1. The number of para-hydroxylation sites is 1. The summed E-state index contributed by atoms with van der Waals surface area (Å²) >= 11 is 6.09. The minimum Gasteiger partial charge on any atom is -0.507 e. The number of carbonyl (C=O) groups excluding carboxylic acids is 1. The van der Waals surface area contributed by atoms with Crippen LogP contribution in [0.1, 0.15) is 10.4 Å². The molecule has 0 saturated carbocycles. The van der Waals surface area contributed by atoms with E-state index in [1.807, 2.05) is 24.3 Å². The van der Waals surface area contributed by atoms with Gasteiger partial charge in [0.1, 0.15) is 28.4 Å². The third-order valence-corrected chi connectivity index (χ3v) is 4.76. The van der Waals surface area contributed by atoms with E-state index in [0.717, 1.165) is 10.8 Å². The number of carbonyl (C=O) groups is 1. The normalized spacial score (nSPS) is 11.0. The Morgan fingerprint density at radius 2 is 1.75 bits per heavy atom. The Kier molecular flexibility index (Phi) is 4.49. The van der Waals surface area contributed by atoms with Gasteiger partial charge in [-0.05, 0) is 18.2 Å². The van der Waals surface area contributed by atoms with Gasteiger partial charge in [0.2, 0.25) is 0 Å². The van der Waals surface area contributed by atoms with Crippen molar-refractivity contribution in [2.75, 3.05) is 19.5 Å². The molecule has 2 N–H and O–H groups in total. The molecule has 1 heterocycles. The number of hydrogen-bond acceptors (Lipinski definition) is 5. The van der Waals surface area contributed by atoms with Crippen LogP contribution in [0.4, 0.5) is 5.69 Å². The standard InChI is InChI=1S/C21H16ClNO5/c1-26-19-10-15(20(27-2)9-14(19)22)23-21(25)13-8-18-12(7-16(13)24)11-5-3-4-6-17(11)28-18/h3-10,24H,1-2H3,(H,23,25). The quantitative estimate of drug-likeness (QED) is 0.493. The van der Waals surface area contributed by atoms with E-state index in [1.165, 1.54) is 32.4 Å². The molecule has 0 aliphatic rings. The Morgan fingerprint density at radius 3 is 2.50 bits per heavy atom. The number of amides is 1. The molecule has 4 aromatic rings. The zero-order valence-electron chi connectivity index (χ0n) is 15.1. The van der Waals surface area contributed by atoms with E-state index in [4.69, 9.17) is 25.5 Å². The zero-order chi connectivity index (χ0) is 19.8. The van der Waals surface area contributed by atoms with Gasteiger partial charge in [-0.15, -0.1) is 0 Å². The van der Waals surface area contributed by atoms with E-state index in [2.05, 4.69) is 5.32 Å². The molecule has 0 aliphatic carbocycles. The number of phenols is 1. The molecule has 0 bridgehead atoms. The van der Waals surface area contributed by atoms with Crippen LogP contribution in [0.2, 0.25) is 5.02 Å². The summed E-state index contributed by atoms with van der Waals surface area (Å²) < 4.78 is 16.2. The third kappa shape index (κ3) is 2.97. The predicted molar refractivity (Wildman–Crippen MR) is 108 cm³/mol. The molecule has 0 radical (unpaired) electrons. The monoisotopic (exact) mass is 397 g/mol. The van der Waals surface area contributed by atoms with E-state index in [-0.39, 0.29) is 11.3 Å². The fourth-order valence-corrected chi connectivity index (χ4v) is 3.32. The molecule has 28 heavy (non-hydrogen) atoms. The van der Waals surface area contributed by atoms with E-state index in [0.29, 0.717) is 33.4 Å². The first-order valence-electron chi connectivity index (χ1n) is 8.39. The van der Waals surface area contributed by atoms with E-state index in [1.54, 1.807) is 6.07 Å². The molecule has 4 rings (SSSR count). The van der Waals surface area contributed by atoms with Crippen LogP contribution in [0, 0.1) is 0 Å². The minimum absolute atomic E-state index is 0.0718. The van der Waals surface area contributed by atoms with Crippen molar-refractivity contribution in [3.63, 3.8) is 0 Å². The van der Waals surface area contributed by atoms with Gasteiger partial charge in [-0.3, -0.25) is 4.79 Å². The number of anilines is 1. The van der Waals surface area contributed by atoms with Gasteiger partial charge in [0, 0.05) is 22.9 Å². The predicted octanol–water partition coefficient (Wildman–Crippen LogP) is 5.21. The molecular weight excluding hydrogens is 382 g/mol. The van der Waals surface area contributed by atoms with Crippen LogP contribution < -0.4 is 14.8 Å². The van der Waals surface area contributed by atoms with Gasteiger partial charge >= 0.3 is 0 Å². The van der Waals surface area contributed by atoms with E-state index >= 15 is 0 Å². The number of halogens is 1. The second-order valence-electron chi connectivity index (χ2n) is 6.10. The maximum atomic E-state index is 12.8. The van der Waals surface area contributed by atoms with Crippen molar-refractivity contribution in [3.8, 4) is 17.2 Å². The second kappa shape index (κ2) is 6.98. The van der Waals surface area contributed by atoms with Crippen LogP contribution in [-0.4, -0.2) is 25.2 Å². The Morgan fingerprint density at radius 1 is 1.00 bits per heavy atom. The zero-order valence-corrected chi connectivity index (χ0v) is 15.8. The summed E-state index contributed by atoms with van der Waals surface area (Å²) in [7, 11) is 2.94. The third-order valence-electron chi connectivity index (χ3n) is 4.46. The van der Waals surface area contributed by atoms with Crippen molar-refractivity contribution in [1.29, 1.82) is 0 Å². The minimum atomic E-state index is -0.525. The van der Waals surface area contributed by atoms with Crippen molar-refractivity contribution in [2.45, 2.75) is 0 Å². The molecule has 3 aromatic carbocycles. The number of furan rings is 1. The van der Waals surface area contributed by atoms with Gasteiger partial charge in [0.05, 0.1) is 30.5 Å². The van der Waals surface area contributed by atoms with Gasteiger partial charge in [0.15, 0.2) is 0 Å². The Labute approximate surface area is 165 Å². The highest BCUT2D eigenvalue weighted by Crippen LogP contribution is 2.37. The number of fused-ring (bicyclic) bond motifs is 3. The maximum absolute atomic E-state index is 12.8. The summed E-state index contributed by atoms with van der Waals surface area (Å²) in [6, 6.07) is 13.6. The van der Waals surface area contributed by atoms with Crippen molar-refractivity contribution in [1.82, 2.24) is 0 Å². The topological polar surface area (TPSA) is 80.9 Å². The van der Waals surface area contributed by atoms with Gasteiger partial charge in [-0.2, -0.15) is 0 Å². The highest BCUT2D eigenvalue weighted by Gasteiger charge is 2.19. The van der Waals surface area contributed by atoms with Crippen molar-refractivity contribution in [2.24, 2.45) is 0 Å². The number of ether oxygens (including phenoxy) is 2. The lowest BCUT2D eigenvalue weighted by Gasteiger charge is -2.13. The molecule has 1 amide bonds. The summed E-state index contributed by atoms with van der Waals surface area (Å²) in [5.74, 6) is 0.0668. The highest BCUT2D eigenvalue weighted by molar-refractivity contribution is 6.32. The molecule has 0 aliphatic heterocycles. The van der Waals surface area contributed by atoms with Crippen molar-refractivity contribution >= 4 is 45.1 Å². The van der Waals surface area contributed by atoms with Gasteiger partial charge in [-0.25, -0.2) is 0 Å². The second-order valence-corrected chi connectivity index (χ2v) is 6.51. The molecule has 7 heteroatoms. The van der Waals surface area contributed by atoms with E-state index < -0.39 is 5.91 Å². The lowest BCUT2D eigenvalue weighted by molar-refractivity contribution is 0.102. The highest BCUT2D eigenvalue weighted by atomic mass is 35.5. The summed E-state index contributed by atoms with van der Waals surface area (Å²) in [5, 5.41) is 15.1. The van der Waals surface area contributed by atoms with Crippen LogP contribution >= 0.6 is 11.6 Å². The molecule has 1 aromatic heterocycles. The number of nitrogens with one attached hydrogen (secondary N) is 1. The van der Waals surface area contributed by atoms with Crippen LogP contribution in [0.25, 0.3) is 21.9 Å². The smallest absolute Gasteiger partial charge is 0.259 e.